The lowest BCUT2D eigenvalue weighted by atomic mass is 9.76. The summed E-state index contributed by atoms with van der Waals surface area (Å²) in [5, 5.41) is 3.31. The molecule has 32 heavy (non-hydrogen) atoms. The van der Waals surface area contributed by atoms with Gasteiger partial charge in [-0.25, -0.2) is 0 Å². The number of benzene rings is 1. The standard InChI is InChI=1S/C26H39NO5/c1-25(2,3)32-23(28)19(12-15-30-4)17-26(13-6-7-14-26)24(29)27-22-16-21(22)18-8-10-20(31-5)11-9-18/h8-11,19,21-22H,6-7,12-17H2,1-5H3,(H,27,29)/t19?,21-,22?/m0/s1. The summed E-state index contributed by atoms with van der Waals surface area (Å²) in [6.07, 6.45) is 5.73. The fraction of sp³-hybridized carbons (Fsp3) is 0.692. The number of esters is 1. The molecule has 1 amide bonds. The third-order valence-corrected chi connectivity index (χ3v) is 6.74. The molecule has 1 N–H and O–H groups in total. The summed E-state index contributed by atoms with van der Waals surface area (Å²) in [7, 11) is 3.30. The predicted octanol–water partition coefficient (Wildman–Crippen LogP) is 4.61. The van der Waals surface area contributed by atoms with Crippen LogP contribution in [0.5, 0.6) is 5.75 Å². The van der Waals surface area contributed by atoms with Crippen molar-refractivity contribution >= 4 is 11.9 Å². The van der Waals surface area contributed by atoms with Gasteiger partial charge in [0.25, 0.3) is 0 Å². The molecule has 0 aliphatic heterocycles. The SMILES string of the molecule is COCCC(CC1(C(=O)NC2C[C@H]2c2ccc(OC)cc2)CCCC1)C(=O)OC(C)(C)C. The Morgan fingerprint density at radius 2 is 1.78 bits per heavy atom. The first-order valence-corrected chi connectivity index (χ1v) is 11.8. The minimum Gasteiger partial charge on any atom is -0.497 e. The fourth-order valence-corrected chi connectivity index (χ4v) is 4.89. The van der Waals surface area contributed by atoms with Gasteiger partial charge < -0.3 is 19.5 Å². The molecule has 0 radical (unpaired) electrons. The molecule has 0 heterocycles. The molecule has 0 spiro atoms. The lowest BCUT2D eigenvalue weighted by Gasteiger charge is -2.32. The minimum atomic E-state index is -0.549. The lowest BCUT2D eigenvalue weighted by molar-refractivity contribution is -0.162. The van der Waals surface area contributed by atoms with Crippen LogP contribution in [0.15, 0.2) is 24.3 Å². The molecule has 0 aromatic heterocycles. The molecule has 178 valence electrons. The smallest absolute Gasteiger partial charge is 0.309 e. The largest absolute Gasteiger partial charge is 0.497 e. The Labute approximate surface area is 192 Å². The summed E-state index contributed by atoms with van der Waals surface area (Å²) in [5.74, 6) is 0.718. The molecule has 0 bridgehead atoms. The van der Waals surface area contributed by atoms with Crippen LogP contribution in [-0.2, 0) is 19.1 Å². The Morgan fingerprint density at radius 3 is 2.34 bits per heavy atom. The van der Waals surface area contributed by atoms with Crippen LogP contribution in [0.25, 0.3) is 0 Å². The maximum absolute atomic E-state index is 13.5. The van der Waals surface area contributed by atoms with E-state index in [0.717, 1.165) is 37.9 Å². The highest BCUT2D eigenvalue weighted by Crippen LogP contribution is 2.47. The first kappa shape index (κ1) is 24.6. The van der Waals surface area contributed by atoms with E-state index in [9.17, 15) is 9.59 Å². The van der Waals surface area contributed by atoms with E-state index in [-0.39, 0.29) is 23.8 Å². The zero-order valence-corrected chi connectivity index (χ0v) is 20.2. The normalized spacial score (nSPS) is 22.8. The second kappa shape index (κ2) is 10.2. The summed E-state index contributed by atoms with van der Waals surface area (Å²) in [6.45, 7) is 6.11. The Hall–Kier alpha value is -2.08. The maximum atomic E-state index is 13.5. The molecule has 3 rings (SSSR count). The highest BCUT2D eigenvalue weighted by Gasteiger charge is 2.48. The van der Waals surface area contributed by atoms with Crippen molar-refractivity contribution in [2.45, 2.75) is 83.3 Å². The molecule has 6 heteroatoms. The van der Waals surface area contributed by atoms with Gasteiger partial charge in [0, 0.05) is 25.7 Å². The second-order valence-electron chi connectivity index (χ2n) is 10.4. The van der Waals surface area contributed by atoms with Gasteiger partial charge in [-0.05, 0) is 70.6 Å². The highest BCUT2D eigenvalue weighted by atomic mass is 16.6. The summed E-state index contributed by atoms with van der Waals surface area (Å²) in [6, 6.07) is 8.24. The first-order chi connectivity index (χ1) is 15.2. The molecule has 2 unspecified atom stereocenters. The molecular weight excluding hydrogens is 406 g/mol. The Morgan fingerprint density at radius 1 is 1.12 bits per heavy atom. The van der Waals surface area contributed by atoms with Crippen LogP contribution in [0, 0.1) is 11.3 Å². The van der Waals surface area contributed by atoms with Crippen LogP contribution < -0.4 is 10.1 Å². The number of hydrogen-bond acceptors (Lipinski definition) is 5. The van der Waals surface area contributed by atoms with E-state index in [4.69, 9.17) is 14.2 Å². The number of amides is 1. The van der Waals surface area contributed by atoms with E-state index in [1.54, 1.807) is 14.2 Å². The second-order valence-corrected chi connectivity index (χ2v) is 10.4. The topological polar surface area (TPSA) is 73.9 Å². The number of carbonyl (C=O) groups is 2. The van der Waals surface area contributed by atoms with Crippen molar-refractivity contribution in [2.24, 2.45) is 11.3 Å². The third kappa shape index (κ3) is 6.25. The Balaban J connectivity index is 1.66. The van der Waals surface area contributed by atoms with E-state index in [2.05, 4.69) is 17.4 Å². The number of rotatable bonds is 10. The monoisotopic (exact) mass is 445 g/mol. The number of nitrogens with one attached hydrogen (secondary N) is 1. The molecule has 3 atom stereocenters. The first-order valence-electron chi connectivity index (χ1n) is 11.8. The molecule has 2 fully saturated rings. The number of methoxy groups -OCH3 is 2. The van der Waals surface area contributed by atoms with Gasteiger partial charge in [-0.2, -0.15) is 0 Å². The zero-order valence-electron chi connectivity index (χ0n) is 20.2. The van der Waals surface area contributed by atoms with Gasteiger partial charge in [0.1, 0.15) is 11.4 Å². The van der Waals surface area contributed by atoms with Crippen LogP contribution in [0.2, 0.25) is 0 Å². The average molecular weight is 446 g/mol. The minimum absolute atomic E-state index is 0.0991. The lowest BCUT2D eigenvalue weighted by Crippen LogP contribution is -2.43. The van der Waals surface area contributed by atoms with Crippen molar-refractivity contribution < 1.29 is 23.8 Å². The molecule has 1 aromatic carbocycles. The van der Waals surface area contributed by atoms with Gasteiger partial charge in [-0.15, -0.1) is 0 Å². The molecule has 0 saturated heterocycles. The van der Waals surface area contributed by atoms with Crippen molar-refractivity contribution in [1.29, 1.82) is 0 Å². The summed E-state index contributed by atoms with van der Waals surface area (Å²) < 4.78 is 16.2. The maximum Gasteiger partial charge on any atom is 0.309 e. The number of ether oxygens (including phenoxy) is 3. The van der Waals surface area contributed by atoms with Crippen LogP contribution in [0.1, 0.15) is 77.2 Å². The van der Waals surface area contributed by atoms with Gasteiger partial charge in [-0.3, -0.25) is 9.59 Å². The van der Waals surface area contributed by atoms with Gasteiger partial charge >= 0.3 is 5.97 Å². The van der Waals surface area contributed by atoms with Crippen LogP contribution in [0.4, 0.5) is 0 Å². The van der Waals surface area contributed by atoms with Crippen molar-refractivity contribution in [1.82, 2.24) is 5.32 Å². The van der Waals surface area contributed by atoms with Crippen LogP contribution >= 0.6 is 0 Å². The van der Waals surface area contributed by atoms with Crippen molar-refractivity contribution in [3.05, 3.63) is 29.8 Å². The fourth-order valence-electron chi connectivity index (χ4n) is 4.89. The average Bonchev–Trinajstić information content (AvgIpc) is 3.34. The van der Waals surface area contributed by atoms with E-state index >= 15 is 0 Å². The number of carbonyl (C=O) groups excluding carboxylic acids is 2. The molecule has 2 aliphatic rings. The predicted molar refractivity (Wildman–Crippen MR) is 124 cm³/mol. The zero-order chi connectivity index (χ0) is 23.4. The molecular formula is C26H39NO5. The van der Waals surface area contributed by atoms with E-state index < -0.39 is 11.0 Å². The molecule has 6 nitrogen and oxygen atoms in total. The Bertz CT molecular complexity index is 776. The van der Waals surface area contributed by atoms with E-state index in [1.807, 2.05) is 32.9 Å². The quantitative estimate of drug-likeness (QED) is 0.532. The van der Waals surface area contributed by atoms with Crippen molar-refractivity contribution in [2.75, 3.05) is 20.8 Å². The summed E-state index contributed by atoms with van der Waals surface area (Å²) in [5.41, 5.74) is 0.179. The third-order valence-electron chi connectivity index (χ3n) is 6.74. The summed E-state index contributed by atoms with van der Waals surface area (Å²) >= 11 is 0. The van der Waals surface area contributed by atoms with Crippen LogP contribution in [0.3, 0.4) is 0 Å². The van der Waals surface area contributed by atoms with Crippen molar-refractivity contribution in [3.63, 3.8) is 0 Å². The van der Waals surface area contributed by atoms with Gasteiger partial charge in [-0.1, -0.05) is 25.0 Å². The van der Waals surface area contributed by atoms with E-state index in [1.165, 1.54) is 5.56 Å². The van der Waals surface area contributed by atoms with Gasteiger partial charge in [0.05, 0.1) is 18.4 Å². The molecule has 2 aliphatic carbocycles. The molecule has 2 saturated carbocycles. The highest BCUT2D eigenvalue weighted by molar-refractivity contribution is 5.85. The Kier molecular flexibility index (Phi) is 7.86. The van der Waals surface area contributed by atoms with Gasteiger partial charge in [0.15, 0.2) is 0 Å². The molecule has 1 aromatic rings. The van der Waals surface area contributed by atoms with Gasteiger partial charge in [0.2, 0.25) is 5.91 Å². The summed E-state index contributed by atoms with van der Waals surface area (Å²) in [4.78, 5) is 26.4. The number of hydrogen-bond donors (Lipinski definition) is 1. The van der Waals surface area contributed by atoms with Crippen molar-refractivity contribution in [3.8, 4) is 5.75 Å². The van der Waals surface area contributed by atoms with E-state index in [0.29, 0.717) is 25.4 Å². The van der Waals surface area contributed by atoms with Crippen LogP contribution in [-0.4, -0.2) is 44.3 Å².